The number of likely N-dealkylation sites (N-methyl/N-ethyl adjacent to an activating group) is 1. The van der Waals surface area contributed by atoms with Gasteiger partial charge in [0.15, 0.2) is 0 Å². The minimum absolute atomic E-state index is 0.00416. The van der Waals surface area contributed by atoms with Crippen LogP contribution < -0.4 is 19.5 Å². The highest BCUT2D eigenvalue weighted by atomic mass is 32.2. The number of rotatable bonds is 8. The number of nitrogens with zero attached hydrogens (tertiary/aromatic N) is 1. The summed E-state index contributed by atoms with van der Waals surface area (Å²) in [6.07, 6.45) is 7.14. The molecule has 0 spiro atoms. The van der Waals surface area contributed by atoms with Crippen LogP contribution in [0.3, 0.4) is 0 Å². The molecule has 2 amide bonds. The molecule has 11 heteroatoms. The Morgan fingerprint density at radius 1 is 1.07 bits per heavy atom. The van der Waals surface area contributed by atoms with Crippen LogP contribution in [-0.4, -0.2) is 70.7 Å². The number of benzene rings is 2. The first kappa shape index (κ1) is 29.2. The average Bonchev–Trinajstić information content (AvgIpc) is 2.98. The van der Waals surface area contributed by atoms with Gasteiger partial charge in [0.1, 0.15) is 24.2 Å². The number of fused-ring (bicyclic) bond motifs is 2. The minimum atomic E-state index is -3.91. The molecule has 10 nitrogen and oxygen atoms in total. The van der Waals surface area contributed by atoms with E-state index in [1.807, 2.05) is 0 Å². The summed E-state index contributed by atoms with van der Waals surface area (Å²) < 4.78 is 46.0. The highest BCUT2D eigenvalue weighted by Gasteiger charge is 2.39. The van der Waals surface area contributed by atoms with Gasteiger partial charge < -0.3 is 24.4 Å². The molecular formula is C30H39N3O7S. The van der Waals surface area contributed by atoms with Crippen LogP contribution in [0.4, 0.5) is 5.69 Å². The van der Waals surface area contributed by atoms with Crippen LogP contribution >= 0.6 is 0 Å². The Morgan fingerprint density at radius 3 is 2.66 bits per heavy atom. The predicted octanol–water partition coefficient (Wildman–Crippen LogP) is 3.96. The predicted molar refractivity (Wildman–Crippen MR) is 154 cm³/mol. The van der Waals surface area contributed by atoms with Crippen molar-refractivity contribution in [3.63, 3.8) is 0 Å². The molecule has 0 unspecified atom stereocenters. The highest BCUT2D eigenvalue weighted by molar-refractivity contribution is 7.92. The van der Waals surface area contributed by atoms with Crippen LogP contribution in [-0.2, 0) is 19.6 Å². The number of methoxy groups -OCH3 is 1. The minimum Gasteiger partial charge on any atom is -0.497 e. The molecule has 3 aliphatic rings. The summed E-state index contributed by atoms with van der Waals surface area (Å²) in [6.45, 7) is 0.941. The number of hydrogen-bond donors (Lipinski definition) is 2. The van der Waals surface area contributed by atoms with Gasteiger partial charge in [0.2, 0.25) is 5.91 Å². The highest BCUT2D eigenvalue weighted by Crippen LogP contribution is 2.33. The lowest BCUT2D eigenvalue weighted by molar-refractivity contribution is -0.134. The molecule has 1 saturated heterocycles. The number of amides is 2. The largest absolute Gasteiger partial charge is 0.497 e. The zero-order valence-corrected chi connectivity index (χ0v) is 24.5. The van der Waals surface area contributed by atoms with Gasteiger partial charge in [-0.05, 0) is 61.9 Å². The van der Waals surface area contributed by atoms with Crippen LogP contribution in [0, 0.1) is 5.92 Å². The van der Waals surface area contributed by atoms with Crippen molar-refractivity contribution in [2.24, 2.45) is 5.92 Å². The van der Waals surface area contributed by atoms with Crippen molar-refractivity contribution < 1.29 is 32.2 Å². The monoisotopic (exact) mass is 585 g/mol. The first-order chi connectivity index (χ1) is 19.7. The maximum absolute atomic E-state index is 13.5. The van der Waals surface area contributed by atoms with Gasteiger partial charge in [-0.1, -0.05) is 25.3 Å². The molecule has 3 atom stereocenters. The van der Waals surface area contributed by atoms with Crippen LogP contribution in [0.15, 0.2) is 47.4 Å². The topological polar surface area (TPSA) is 123 Å². The van der Waals surface area contributed by atoms with E-state index in [0.29, 0.717) is 36.7 Å². The molecule has 2 aromatic carbocycles. The molecule has 2 N–H and O–H groups in total. The van der Waals surface area contributed by atoms with E-state index in [0.717, 1.165) is 6.54 Å². The van der Waals surface area contributed by atoms with Gasteiger partial charge >= 0.3 is 0 Å². The zero-order chi connectivity index (χ0) is 29.0. The fourth-order valence-electron chi connectivity index (χ4n) is 6.00. The van der Waals surface area contributed by atoms with Gasteiger partial charge in [-0.15, -0.1) is 0 Å². The van der Waals surface area contributed by atoms with Gasteiger partial charge in [0.25, 0.3) is 15.9 Å². The van der Waals surface area contributed by atoms with Crippen molar-refractivity contribution >= 4 is 27.5 Å². The van der Waals surface area contributed by atoms with Crippen LogP contribution in [0.2, 0.25) is 0 Å². The lowest BCUT2D eigenvalue weighted by Crippen LogP contribution is -2.54. The number of carbonyl (C=O) groups is 2. The Bertz CT molecular complexity index is 1360. The van der Waals surface area contributed by atoms with Crippen LogP contribution in [0.5, 0.6) is 11.5 Å². The van der Waals surface area contributed by atoms with Gasteiger partial charge in [-0.3, -0.25) is 14.3 Å². The maximum Gasteiger partial charge on any atom is 0.262 e. The Labute approximate surface area is 241 Å². The van der Waals surface area contributed by atoms with Crippen LogP contribution in [0.25, 0.3) is 0 Å². The Morgan fingerprint density at radius 2 is 1.88 bits per heavy atom. The molecule has 0 bridgehead atoms. The number of sulfonamides is 1. The molecule has 41 heavy (non-hydrogen) atoms. The Kier molecular flexibility index (Phi) is 9.03. The van der Waals surface area contributed by atoms with E-state index >= 15 is 0 Å². The van der Waals surface area contributed by atoms with Crippen LogP contribution in [0.1, 0.15) is 61.7 Å². The summed E-state index contributed by atoms with van der Waals surface area (Å²) in [6, 6.07) is 10.6. The molecule has 1 saturated carbocycles. The summed E-state index contributed by atoms with van der Waals surface area (Å²) in [5.74, 6) is 1.05. The summed E-state index contributed by atoms with van der Waals surface area (Å²) in [5.41, 5.74) is 0.509. The van der Waals surface area contributed by atoms with Crippen molar-refractivity contribution in [3.05, 3.63) is 48.0 Å². The second kappa shape index (κ2) is 12.7. The summed E-state index contributed by atoms with van der Waals surface area (Å²) in [7, 11) is -0.723. The van der Waals surface area contributed by atoms with Crippen molar-refractivity contribution in [1.82, 2.24) is 10.2 Å². The molecule has 0 radical (unpaired) electrons. The molecular weight excluding hydrogens is 546 g/mol. The zero-order valence-electron chi connectivity index (χ0n) is 23.6. The second-order valence-corrected chi connectivity index (χ2v) is 12.9. The third kappa shape index (κ3) is 6.95. The summed E-state index contributed by atoms with van der Waals surface area (Å²) >= 11 is 0. The third-order valence-electron chi connectivity index (χ3n) is 8.34. The average molecular weight is 586 g/mol. The van der Waals surface area contributed by atoms with Crippen molar-refractivity contribution in [3.8, 4) is 11.5 Å². The maximum atomic E-state index is 13.5. The lowest BCUT2D eigenvalue weighted by Gasteiger charge is -2.42. The quantitative estimate of drug-likeness (QED) is 0.481. The van der Waals surface area contributed by atoms with Gasteiger partial charge in [0, 0.05) is 25.3 Å². The second-order valence-electron chi connectivity index (χ2n) is 11.2. The van der Waals surface area contributed by atoms with Gasteiger partial charge in [-0.2, -0.15) is 0 Å². The molecule has 5 rings (SSSR count). The van der Waals surface area contributed by atoms with E-state index in [1.165, 1.54) is 57.4 Å². The third-order valence-corrected chi connectivity index (χ3v) is 9.72. The van der Waals surface area contributed by atoms with Crippen molar-refractivity contribution in [1.29, 1.82) is 0 Å². The SMILES string of the molecule is COc1cccc(S(=O)(=O)Nc2ccc3c(c2)C(=O)N(C)[C@H]2CC[C@H](CC(=O)NCC4CCCCC4)O[C@@H]2CO3)c1. The molecule has 2 heterocycles. The van der Waals surface area contributed by atoms with E-state index in [9.17, 15) is 18.0 Å². The van der Waals surface area contributed by atoms with Gasteiger partial charge in [-0.25, -0.2) is 8.42 Å². The Balaban J connectivity index is 1.23. The molecule has 1 aliphatic carbocycles. The Hall–Kier alpha value is -3.31. The summed E-state index contributed by atoms with van der Waals surface area (Å²) in [4.78, 5) is 27.9. The standard InChI is InChI=1S/C30H39N3O7S/c1-33-26-13-12-23(17-29(34)31-18-20-7-4-3-5-8-20)40-28(26)19-39-27-14-11-21(15-25(27)30(33)35)32-41(36,37)24-10-6-9-22(16-24)38-2/h6,9-11,14-16,20,23,26,28,32H,3-5,7-8,12-13,17-19H2,1-2H3,(H,31,34)/t23-,26+,28-/m1/s1. The normalized spacial score (nSPS) is 23.3. The van der Waals surface area contributed by atoms with E-state index < -0.39 is 10.0 Å². The number of ether oxygens (including phenoxy) is 3. The lowest BCUT2D eigenvalue weighted by atomic mass is 9.89. The fraction of sp³-hybridized carbons (Fsp3) is 0.533. The molecule has 0 aromatic heterocycles. The summed E-state index contributed by atoms with van der Waals surface area (Å²) in [5, 5.41) is 3.09. The number of anilines is 1. The van der Waals surface area contributed by atoms with E-state index in [4.69, 9.17) is 14.2 Å². The van der Waals surface area contributed by atoms with E-state index in [-0.39, 0.29) is 52.8 Å². The number of carbonyl (C=O) groups excluding carboxylic acids is 2. The van der Waals surface area contributed by atoms with E-state index in [2.05, 4.69) is 10.0 Å². The first-order valence-corrected chi connectivity index (χ1v) is 15.8. The molecule has 2 aromatic rings. The first-order valence-electron chi connectivity index (χ1n) is 14.4. The van der Waals surface area contributed by atoms with Gasteiger partial charge in [0.05, 0.1) is 36.1 Å². The number of hydrogen-bond acceptors (Lipinski definition) is 7. The molecule has 222 valence electrons. The molecule has 2 aliphatic heterocycles. The van der Waals surface area contributed by atoms with Crippen molar-refractivity contribution in [2.45, 2.75) is 74.5 Å². The number of nitrogens with one attached hydrogen (secondary N) is 2. The smallest absolute Gasteiger partial charge is 0.262 e. The fourth-order valence-corrected chi connectivity index (χ4v) is 7.09. The van der Waals surface area contributed by atoms with E-state index in [1.54, 1.807) is 36.2 Å². The molecule has 2 fully saturated rings. The van der Waals surface area contributed by atoms with Crippen molar-refractivity contribution in [2.75, 3.05) is 32.0 Å².